The summed E-state index contributed by atoms with van der Waals surface area (Å²) in [5.74, 6) is -0.425. The molecule has 0 heterocycles. The van der Waals surface area contributed by atoms with Gasteiger partial charge in [-0.3, -0.25) is 9.79 Å². The Hall–Kier alpha value is -1.55. The van der Waals surface area contributed by atoms with Crippen LogP contribution in [0, 0.1) is 0 Å². The van der Waals surface area contributed by atoms with Crippen LogP contribution in [0.15, 0.2) is 34.4 Å². The first kappa shape index (κ1) is 12.4. The minimum atomic E-state index is -0.678. The first-order valence-corrected chi connectivity index (χ1v) is 4.22. The summed E-state index contributed by atoms with van der Waals surface area (Å²) in [4.78, 5) is 18.3. The van der Waals surface area contributed by atoms with Crippen LogP contribution in [0.5, 0.6) is 0 Å². The Bertz CT molecular complexity index is 279. The average Bonchev–Trinajstić information content (AvgIpc) is 2.17. The van der Waals surface area contributed by atoms with Gasteiger partial charge in [0.15, 0.2) is 0 Å². The average molecular weight is 193 g/mol. The first-order chi connectivity index (χ1) is 6.65. The highest BCUT2D eigenvalue weighted by Gasteiger charge is 2.12. The monoisotopic (exact) mass is 193 g/mol. The lowest BCUT2D eigenvalue weighted by Crippen LogP contribution is -2.29. The number of carbonyl (C=O) groups is 1. The number of hydrogen-bond donors (Lipinski definition) is 1. The molecule has 0 rings (SSSR count). The zero-order valence-corrected chi connectivity index (χ0v) is 8.31. The summed E-state index contributed by atoms with van der Waals surface area (Å²) in [6, 6.07) is -0.678. The second-order valence-corrected chi connectivity index (χ2v) is 2.59. The number of rotatable bonds is 5. The standard InChI is InChI=1S/C10H15N3O/c1-4-6-8(13-5-2)7-9(11)10(14)12-3/h4-6,9H,1,3,7,11H2,2H3/b8-6-,13-5?/t9-/m1/s1. The van der Waals surface area contributed by atoms with E-state index in [2.05, 4.69) is 23.3 Å². The van der Waals surface area contributed by atoms with Crippen LogP contribution in [0.4, 0.5) is 0 Å². The highest BCUT2D eigenvalue weighted by Crippen LogP contribution is 2.06. The lowest BCUT2D eigenvalue weighted by Gasteiger charge is -2.06. The van der Waals surface area contributed by atoms with Gasteiger partial charge in [0.2, 0.25) is 0 Å². The first-order valence-electron chi connectivity index (χ1n) is 4.22. The number of hydrogen-bond acceptors (Lipinski definition) is 3. The number of aliphatic imine (C=N–C) groups is 2. The molecule has 76 valence electrons. The maximum atomic E-state index is 11.0. The molecule has 0 aliphatic heterocycles. The summed E-state index contributed by atoms with van der Waals surface area (Å²) in [6.45, 7) is 8.45. The Morgan fingerprint density at radius 2 is 2.29 bits per heavy atom. The predicted molar refractivity (Wildman–Crippen MR) is 59.6 cm³/mol. The number of nitrogens with two attached hydrogens (primary N) is 1. The number of nitrogens with zero attached hydrogens (tertiary/aromatic N) is 2. The molecule has 0 saturated carbocycles. The Labute approximate surface area is 83.9 Å². The predicted octanol–water partition coefficient (Wildman–Crippen LogP) is 1.09. The van der Waals surface area contributed by atoms with Crippen molar-refractivity contribution in [3.05, 3.63) is 24.4 Å². The highest BCUT2D eigenvalue weighted by molar-refractivity contribution is 5.85. The van der Waals surface area contributed by atoms with Crippen molar-refractivity contribution in [2.45, 2.75) is 19.4 Å². The van der Waals surface area contributed by atoms with Crippen molar-refractivity contribution in [2.75, 3.05) is 0 Å². The Balaban J connectivity index is 4.44. The van der Waals surface area contributed by atoms with Crippen molar-refractivity contribution >= 4 is 18.8 Å². The molecule has 0 aromatic heterocycles. The van der Waals surface area contributed by atoms with Crippen LogP contribution in [-0.2, 0) is 4.79 Å². The van der Waals surface area contributed by atoms with Crippen LogP contribution < -0.4 is 5.73 Å². The van der Waals surface area contributed by atoms with E-state index in [9.17, 15) is 4.79 Å². The van der Waals surface area contributed by atoms with E-state index in [4.69, 9.17) is 5.73 Å². The van der Waals surface area contributed by atoms with E-state index in [0.29, 0.717) is 12.1 Å². The quantitative estimate of drug-likeness (QED) is 0.524. The normalized spacial score (nSPS) is 14.0. The van der Waals surface area contributed by atoms with Crippen LogP contribution in [0.1, 0.15) is 13.3 Å². The Kier molecular flexibility index (Phi) is 6.15. The summed E-state index contributed by atoms with van der Waals surface area (Å²) < 4.78 is 0. The zero-order valence-electron chi connectivity index (χ0n) is 8.31. The molecule has 1 atom stereocenters. The lowest BCUT2D eigenvalue weighted by atomic mass is 10.1. The zero-order chi connectivity index (χ0) is 11.0. The second-order valence-electron chi connectivity index (χ2n) is 2.59. The van der Waals surface area contributed by atoms with Gasteiger partial charge >= 0.3 is 0 Å². The number of amides is 1. The molecule has 14 heavy (non-hydrogen) atoms. The molecule has 0 unspecified atom stereocenters. The molecule has 0 aliphatic carbocycles. The summed E-state index contributed by atoms with van der Waals surface area (Å²) >= 11 is 0. The van der Waals surface area contributed by atoms with Crippen LogP contribution in [0.3, 0.4) is 0 Å². The third-order valence-corrected chi connectivity index (χ3v) is 1.51. The molecule has 0 aromatic carbocycles. The molecule has 0 saturated heterocycles. The number of carbonyl (C=O) groups excluding carboxylic acids is 1. The number of allylic oxidation sites excluding steroid dienone is 2. The molecule has 0 radical (unpaired) electrons. The third kappa shape index (κ3) is 4.47. The summed E-state index contributed by atoms with van der Waals surface area (Å²) in [5, 5.41) is 0. The molecule has 2 N–H and O–H groups in total. The van der Waals surface area contributed by atoms with Crippen molar-refractivity contribution in [1.82, 2.24) is 0 Å². The van der Waals surface area contributed by atoms with Crippen LogP contribution in [0.2, 0.25) is 0 Å². The summed E-state index contributed by atoms with van der Waals surface area (Å²) in [5.41, 5.74) is 6.26. The van der Waals surface area contributed by atoms with Gasteiger partial charge in [-0.15, -0.1) is 0 Å². The van der Waals surface area contributed by atoms with Gasteiger partial charge in [-0.25, -0.2) is 4.99 Å². The Morgan fingerprint density at radius 3 is 2.71 bits per heavy atom. The molecular formula is C10H15N3O. The van der Waals surface area contributed by atoms with E-state index in [1.165, 1.54) is 0 Å². The topological polar surface area (TPSA) is 67.8 Å². The van der Waals surface area contributed by atoms with E-state index < -0.39 is 11.9 Å². The van der Waals surface area contributed by atoms with Gasteiger partial charge in [-0.05, 0) is 19.7 Å². The third-order valence-electron chi connectivity index (χ3n) is 1.51. The van der Waals surface area contributed by atoms with Crippen LogP contribution in [-0.4, -0.2) is 24.9 Å². The fourth-order valence-electron chi connectivity index (χ4n) is 0.896. The van der Waals surface area contributed by atoms with E-state index in [1.807, 2.05) is 0 Å². The molecular weight excluding hydrogens is 178 g/mol. The maximum absolute atomic E-state index is 11.0. The van der Waals surface area contributed by atoms with Crippen molar-refractivity contribution in [2.24, 2.45) is 15.7 Å². The van der Waals surface area contributed by atoms with Crippen LogP contribution >= 0.6 is 0 Å². The van der Waals surface area contributed by atoms with Gasteiger partial charge in [0, 0.05) is 18.3 Å². The molecule has 0 aliphatic rings. The van der Waals surface area contributed by atoms with Gasteiger partial charge in [0.05, 0.1) is 6.04 Å². The van der Waals surface area contributed by atoms with E-state index in [1.54, 1.807) is 25.3 Å². The van der Waals surface area contributed by atoms with Gasteiger partial charge < -0.3 is 5.73 Å². The van der Waals surface area contributed by atoms with Gasteiger partial charge in [0.1, 0.15) is 0 Å². The fraction of sp³-hybridized carbons (Fsp3) is 0.300. The molecule has 0 fully saturated rings. The van der Waals surface area contributed by atoms with Crippen molar-refractivity contribution < 1.29 is 4.79 Å². The minimum absolute atomic E-state index is 0.341. The SMILES string of the molecule is C=C/C=C(/C[C@@H](N)C(=O)N=C)N=CC. The summed E-state index contributed by atoms with van der Waals surface area (Å²) in [7, 11) is 0. The molecule has 1 amide bonds. The van der Waals surface area contributed by atoms with E-state index >= 15 is 0 Å². The van der Waals surface area contributed by atoms with Gasteiger partial charge in [0.25, 0.3) is 5.91 Å². The molecule has 4 heteroatoms. The minimum Gasteiger partial charge on any atom is -0.319 e. The largest absolute Gasteiger partial charge is 0.319 e. The van der Waals surface area contributed by atoms with E-state index in [0.717, 1.165) is 0 Å². The van der Waals surface area contributed by atoms with Crippen molar-refractivity contribution in [1.29, 1.82) is 0 Å². The lowest BCUT2D eigenvalue weighted by molar-refractivity contribution is -0.118. The van der Waals surface area contributed by atoms with Gasteiger partial charge in [-0.1, -0.05) is 12.7 Å². The van der Waals surface area contributed by atoms with Crippen molar-refractivity contribution in [3.8, 4) is 0 Å². The molecule has 0 bridgehead atoms. The molecule has 0 aromatic rings. The highest BCUT2D eigenvalue weighted by atomic mass is 16.1. The second kappa shape index (κ2) is 6.91. The Morgan fingerprint density at radius 1 is 1.64 bits per heavy atom. The van der Waals surface area contributed by atoms with Crippen molar-refractivity contribution in [3.63, 3.8) is 0 Å². The van der Waals surface area contributed by atoms with Gasteiger partial charge in [-0.2, -0.15) is 0 Å². The molecule has 0 spiro atoms. The fourth-order valence-corrected chi connectivity index (χ4v) is 0.896. The summed E-state index contributed by atoms with van der Waals surface area (Å²) in [6.07, 6.45) is 5.28. The van der Waals surface area contributed by atoms with E-state index in [-0.39, 0.29) is 0 Å². The smallest absolute Gasteiger partial charge is 0.262 e. The van der Waals surface area contributed by atoms with Crippen LogP contribution in [0.25, 0.3) is 0 Å². The maximum Gasteiger partial charge on any atom is 0.262 e. The molecule has 4 nitrogen and oxygen atoms in total.